The molecule has 3 aromatic carbocycles. The van der Waals surface area contributed by atoms with Crippen molar-refractivity contribution >= 4 is 10.8 Å². The molecule has 0 nitrogen and oxygen atoms in total. The zero-order chi connectivity index (χ0) is 15.0. The van der Waals surface area contributed by atoms with Crippen LogP contribution in [0.1, 0.15) is 38.2 Å². The summed E-state index contributed by atoms with van der Waals surface area (Å²) in [5, 5.41) is 2.79. The van der Waals surface area contributed by atoms with Crippen LogP contribution in [0.4, 0.5) is 0 Å². The molecule has 23 heavy (non-hydrogen) atoms. The first-order chi connectivity index (χ1) is 10.7. The smallest absolute Gasteiger partial charge is 0 e. The maximum Gasteiger partial charge on any atom is 0 e. The first-order valence-corrected chi connectivity index (χ1v) is 8.47. The largest absolute Gasteiger partial charge is 0.164 e. The van der Waals surface area contributed by atoms with Crippen LogP contribution in [0.15, 0.2) is 60.7 Å². The van der Waals surface area contributed by atoms with Crippen LogP contribution in [0.25, 0.3) is 21.9 Å². The predicted molar refractivity (Wildman–Crippen MR) is 95.3 cm³/mol. The molecule has 0 aliphatic heterocycles. The Morgan fingerprint density at radius 2 is 1.70 bits per heavy atom. The van der Waals surface area contributed by atoms with Crippen LogP contribution in [0.2, 0.25) is 0 Å². The predicted octanol–water partition coefficient (Wildman–Crippen LogP) is 6.35. The second-order valence-electron chi connectivity index (χ2n) is 7.23. The van der Waals surface area contributed by atoms with Crippen molar-refractivity contribution in [2.24, 2.45) is 5.41 Å². The van der Waals surface area contributed by atoms with Gasteiger partial charge < -0.3 is 0 Å². The quantitative estimate of drug-likeness (QED) is 0.466. The zero-order valence-corrected chi connectivity index (χ0v) is 16.3. The van der Waals surface area contributed by atoms with Crippen molar-refractivity contribution in [3.63, 3.8) is 0 Å². The molecule has 0 saturated heterocycles. The van der Waals surface area contributed by atoms with Gasteiger partial charge in [-0.3, -0.25) is 0 Å². The summed E-state index contributed by atoms with van der Waals surface area (Å²) in [7, 11) is 0. The standard InChI is InChI=1S/C22H23.Zr/c1-22(12-5-6-13-22)16-17-14-19-10-7-11-20(21(19)15-17)18-8-3-2-4-9-18;/h2-4,7-11,14-15H,5-6,12-13,16H2,1H3;/q-1;. The fourth-order valence-corrected chi connectivity index (χ4v) is 4.17. The maximum absolute atomic E-state index is 2.47. The summed E-state index contributed by atoms with van der Waals surface area (Å²) in [6.45, 7) is 2.47. The van der Waals surface area contributed by atoms with E-state index in [4.69, 9.17) is 0 Å². The summed E-state index contributed by atoms with van der Waals surface area (Å²) in [5.41, 5.74) is 4.72. The van der Waals surface area contributed by atoms with Gasteiger partial charge in [0.2, 0.25) is 0 Å². The third kappa shape index (κ3) is 3.41. The molecule has 1 aliphatic rings. The third-order valence-corrected chi connectivity index (χ3v) is 5.34. The number of fused-ring (bicyclic) bond motifs is 1. The van der Waals surface area contributed by atoms with Gasteiger partial charge in [-0.15, -0.1) is 34.5 Å². The molecule has 3 aromatic rings. The van der Waals surface area contributed by atoms with Gasteiger partial charge in [-0.1, -0.05) is 61.7 Å². The minimum absolute atomic E-state index is 0. The Labute approximate surface area is 158 Å². The Morgan fingerprint density at radius 3 is 2.43 bits per heavy atom. The molecule has 1 heteroatoms. The molecule has 1 aliphatic carbocycles. The van der Waals surface area contributed by atoms with Crippen LogP contribution < -0.4 is 0 Å². The fraction of sp³-hybridized carbons (Fsp3) is 0.318. The average molecular weight is 379 g/mol. The molecule has 0 aromatic heterocycles. The molecular formula is C22H23Zr-. The van der Waals surface area contributed by atoms with Gasteiger partial charge in [0.15, 0.2) is 0 Å². The van der Waals surface area contributed by atoms with Crippen molar-refractivity contribution < 1.29 is 26.2 Å². The van der Waals surface area contributed by atoms with Crippen LogP contribution in [-0.4, -0.2) is 0 Å². The Morgan fingerprint density at radius 1 is 0.957 bits per heavy atom. The molecule has 4 rings (SSSR count). The van der Waals surface area contributed by atoms with E-state index in [1.54, 1.807) is 0 Å². The van der Waals surface area contributed by atoms with Crippen LogP contribution in [0.5, 0.6) is 0 Å². The van der Waals surface area contributed by atoms with E-state index in [2.05, 4.69) is 67.6 Å². The van der Waals surface area contributed by atoms with E-state index in [9.17, 15) is 0 Å². The van der Waals surface area contributed by atoms with Gasteiger partial charge in [0.05, 0.1) is 0 Å². The van der Waals surface area contributed by atoms with E-state index in [0.717, 1.165) is 0 Å². The summed E-state index contributed by atoms with van der Waals surface area (Å²) in [6.07, 6.45) is 6.83. The van der Waals surface area contributed by atoms with Gasteiger partial charge in [0.1, 0.15) is 0 Å². The van der Waals surface area contributed by atoms with E-state index in [-0.39, 0.29) is 26.2 Å². The van der Waals surface area contributed by atoms with E-state index in [0.29, 0.717) is 5.41 Å². The Hall–Kier alpha value is -1.07. The molecule has 0 heterocycles. The van der Waals surface area contributed by atoms with Gasteiger partial charge in [0, 0.05) is 26.2 Å². The van der Waals surface area contributed by atoms with Crippen LogP contribution in [-0.2, 0) is 32.6 Å². The summed E-state index contributed by atoms with van der Waals surface area (Å²) >= 11 is 0. The molecular weight excluding hydrogens is 355 g/mol. The maximum atomic E-state index is 2.47. The van der Waals surface area contributed by atoms with Crippen LogP contribution in [0, 0.1) is 5.41 Å². The normalized spacial score (nSPS) is 16.4. The minimum Gasteiger partial charge on any atom is -0.164 e. The molecule has 0 atom stereocenters. The van der Waals surface area contributed by atoms with Crippen molar-refractivity contribution in [1.29, 1.82) is 0 Å². The van der Waals surface area contributed by atoms with Crippen LogP contribution in [0.3, 0.4) is 0 Å². The Balaban J connectivity index is 0.00000156. The average Bonchev–Trinajstić information content (AvgIpc) is 3.13. The van der Waals surface area contributed by atoms with Crippen molar-refractivity contribution in [2.75, 3.05) is 0 Å². The van der Waals surface area contributed by atoms with Crippen molar-refractivity contribution in [3.05, 3.63) is 66.2 Å². The van der Waals surface area contributed by atoms with Crippen molar-refractivity contribution in [1.82, 2.24) is 0 Å². The minimum atomic E-state index is 0. The van der Waals surface area contributed by atoms with Crippen LogP contribution >= 0.6 is 0 Å². The fourth-order valence-electron chi connectivity index (χ4n) is 4.17. The Bertz CT molecular complexity index is 776. The summed E-state index contributed by atoms with van der Waals surface area (Å²) in [5.74, 6) is 0. The van der Waals surface area contributed by atoms with Gasteiger partial charge in [-0.05, 0) is 30.2 Å². The van der Waals surface area contributed by atoms with E-state index in [1.807, 2.05) is 0 Å². The van der Waals surface area contributed by atoms with Gasteiger partial charge in [-0.25, -0.2) is 0 Å². The number of hydrogen-bond donors (Lipinski definition) is 0. The molecule has 0 radical (unpaired) electrons. The molecule has 0 bridgehead atoms. The topological polar surface area (TPSA) is 0 Å². The number of hydrogen-bond acceptors (Lipinski definition) is 0. The second kappa shape index (κ2) is 6.82. The van der Waals surface area contributed by atoms with Gasteiger partial charge in [-0.2, -0.15) is 6.07 Å². The Kier molecular flexibility index (Phi) is 4.97. The molecule has 0 spiro atoms. The zero-order valence-electron chi connectivity index (χ0n) is 13.8. The monoisotopic (exact) mass is 377 g/mol. The van der Waals surface area contributed by atoms with Crippen molar-refractivity contribution in [2.45, 2.75) is 39.0 Å². The van der Waals surface area contributed by atoms with Crippen molar-refractivity contribution in [3.8, 4) is 11.1 Å². The molecule has 1 saturated carbocycles. The van der Waals surface area contributed by atoms with E-state index >= 15 is 0 Å². The molecule has 116 valence electrons. The first-order valence-electron chi connectivity index (χ1n) is 8.47. The molecule has 0 N–H and O–H groups in total. The molecule has 1 fully saturated rings. The summed E-state index contributed by atoms with van der Waals surface area (Å²) in [6, 6.07) is 22.3. The number of rotatable bonds is 3. The third-order valence-electron chi connectivity index (χ3n) is 5.34. The SMILES string of the molecule is CC1(Cc2cc3c(-c4ccccc4)cccc3[cH-]2)CCCC1.[Zr]. The first kappa shape index (κ1) is 16.8. The summed E-state index contributed by atoms with van der Waals surface area (Å²) in [4.78, 5) is 0. The molecule has 0 unspecified atom stereocenters. The molecule has 0 amide bonds. The van der Waals surface area contributed by atoms with E-state index in [1.165, 1.54) is 59.6 Å². The second-order valence-corrected chi connectivity index (χ2v) is 7.23. The van der Waals surface area contributed by atoms with Gasteiger partial charge >= 0.3 is 0 Å². The van der Waals surface area contributed by atoms with Gasteiger partial charge in [0.25, 0.3) is 0 Å². The summed E-state index contributed by atoms with van der Waals surface area (Å²) < 4.78 is 0. The number of benzene rings is 2. The van der Waals surface area contributed by atoms with E-state index < -0.39 is 0 Å².